The van der Waals surface area contributed by atoms with Gasteiger partial charge in [0.15, 0.2) is 0 Å². The quantitative estimate of drug-likeness (QED) is 0.842. The molecule has 3 rings (SSSR count). The molecule has 4 heteroatoms. The lowest BCUT2D eigenvalue weighted by molar-refractivity contribution is -0.0368. The van der Waals surface area contributed by atoms with Gasteiger partial charge in [-0.2, -0.15) is 0 Å². The van der Waals surface area contributed by atoms with Crippen LogP contribution in [0.1, 0.15) is 37.7 Å². The Bertz CT molecular complexity index is 508. The average molecular weight is 295 g/mol. The van der Waals surface area contributed by atoms with Crippen LogP contribution in [-0.2, 0) is 11.3 Å². The van der Waals surface area contributed by atoms with Gasteiger partial charge in [0.2, 0.25) is 0 Å². The maximum Gasteiger partial charge on any atom is 0.130 e. The molecular formula is C17H23F2NO. The second kappa shape index (κ2) is 6.01. The molecule has 0 N–H and O–H groups in total. The van der Waals surface area contributed by atoms with Gasteiger partial charge in [-0.05, 0) is 38.3 Å². The van der Waals surface area contributed by atoms with Crippen LogP contribution in [0, 0.1) is 17.0 Å². The van der Waals surface area contributed by atoms with Crippen molar-refractivity contribution in [3.05, 3.63) is 35.4 Å². The van der Waals surface area contributed by atoms with Crippen molar-refractivity contribution < 1.29 is 13.5 Å². The number of benzene rings is 1. The van der Waals surface area contributed by atoms with Crippen molar-refractivity contribution in [1.82, 2.24) is 4.90 Å². The maximum atomic E-state index is 13.8. The highest BCUT2D eigenvalue weighted by Gasteiger charge is 2.45. The lowest BCUT2D eigenvalue weighted by Crippen LogP contribution is -2.47. The van der Waals surface area contributed by atoms with Gasteiger partial charge in [0, 0.05) is 37.2 Å². The Kier molecular flexibility index (Phi) is 4.27. The van der Waals surface area contributed by atoms with E-state index in [1.807, 2.05) is 0 Å². The van der Waals surface area contributed by atoms with Crippen molar-refractivity contribution in [3.63, 3.8) is 0 Å². The molecule has 2 fully saturated rings. The second-order valence-electron chi connectivity index (χ2n) is 6.53. The SMILES string of the molecule is CO[C@@H]1CCC[C@]12CCCN(Cc1ccc(F)cc1F)C2. The van der Waals surface area contributed by atoms with E-state index in [1.165, 1.54) is 25.3 Å². The monoisotopic (exact) mass is 295 g/mol. The minimum Gasteiger partial charge on any atom is -0.381 e. The van der Waals surface area contributed by atoms with Gasteiger partial charge in [-0.3, -0.25) is 4.90 Å². The molecule has 2 aliphatic rings. The molecule has 21 heavy (non-hydrogen) atoms. The van der Waals surface area contributed by atoms with E-state index in [4.69, 9.17) is 4.74 Å². The van der Waals surface area contributed by atoms with E-state index >= 15 is 0 Å². The standard InChI is InChI=1S/C17H23F2NO/c1-21-16-4-2-7-17(16)8-3-9-20(12-17)11-13-5-6-14(18)10-15(13)19/h5-6,10,16H,2-4,7-9,11-12H2,1H3/t16-,17-/m1/s1. The first-order chi connectivity index (χ1) is 10.1. The zero-order valence-electron chi connectivity index (χ0n) is 12.6. The van der Waals surface area contributed by atoms with E-state index < -0.39 is 11.6 Å². The summed E-state index contributed by atoms with van der Waals surface area (Å²) in [5.74, 6) is -0.953. The van der Waals surface area contributed by atoms with Crippen molar-refractivity contribution >= 4 is 0 Å². The highest BCUT2D eigenvalue weighted by atomic mass is 19.1. The Hall–Kier alpha value is -1.00. The van der Waals surface area contributed by atoms with E-state index in [1.54, 1.807) is 13.2 Å². The predicted octanol–water partition coefficient (Wildman–Crippen LogP) is 3.75. The summed E-state index contributed by atoms with van der Waals surface area (Å²) >= 11 is 0. The van der Waals surface area contributed by atoms with Crippen LogP contribution in [-0.4, -0.2) is 31.2 Å². The van der Waals surface area contributed by atoms with Crippen LogP contribution in [0.2, 0.25) is 0 Å². The van der Waals surface area contributed by atoms with Crippen LogP contribution in [0.5, 0.6) is 0 Å². The zero-order chi connectivity index (χ0) is 14.9. The molecule has 1 aliphatic carbocycles. The summed E-state index contributed by atoms with van der Waals surface area (Å²) in [6, 6.07) is 3.88. The van der Waals surface area contributed by atoms with Gasteiger partial charge in [0.1, 0.15) is 11.6 Å². The third-order valence-electron chi connectivity index (χ3n) is 5.21. The third-order valence-corrected chi connectivity index (χ3v) is 5.21. The average Bonchev–Trinajstić information content (AvgIpc) is 2.84. The van der Waals surface area contributed by atoms with Crippen LogP contribution < -0.4 is 0 Å². The van der Waals surface area contributed by atoms with Crippen molar-refractivity contribution in [1.29, 1.82) is 0 Å². The summed E-state index contributed by atoms with van der Waals surface area (Å²) in [5.41, 5.74) is 0.823. The molecule has 1 saturated heterocycles. The molecule has 0 bridgehead atoms. The fourth-order valence-electron chi connectivity index (χ4n) is 4.23. The Labute approximate surface area is 125 Å². The molecule has 0 radical (unpaired) electrons. The van der Waals surface area contributed by atoms with Crippen LogP contribution in [0.15, 0.2) is 18.2 Å². The molecule has 1 saturated carbocycles. The number of halogens is 2. The molecular weight excluding hydrogens is 272 g/mol. The molecule has 1 aromatic rings. The maximum absolute atomic E-state index is 13.8. The Morgan fingerprint density at radius 1 is 1.29 bits per heavy atom. The van der Waals surface area contributed by atoms with E-state index in [2.05, 4.69) is 4.90 Å². The lowest BCUT2D eigenvalue weighted by Gasteiger charge is -2.43. The highest BCUT2D eigenvalue weighted by molar-refractivity contribution is 5.18. The van der Waals surface area contributed by atoms with E-state index in [-0.39, 0.29) is 5.41 Å². The number of methoxy groups -OCH3 is 1. The topological polar surface area (TPSA) is 12.5 Å². The normalized spacial score (nSPS) is 30.1. The summed E-state index contributed by atoms with van der Waals surface area (Å²) in [6.45, 7) is 2.50. The van der Waals surface area contributed by atoms with Gasteiger partial charge in [-0.25, -0.2) is 8.78 Å². The molecule has 1 aliphatic heterocycles. The number of hydrogen-bond donors (Lipinski definition) is 0. The number of ether oxygens (including phenoxy) is 1. The van der Waals surface area contributed by atoms with Crippen LogP contribution >= 0.6 is 0 Å². The third kappa shape index (κ3) is 2.97. The number of likely N-dealkylation sites (tertiary alicyclic amines) is 1. The molecule has 2 atom stereocenters. The van der Waals surface area contributed by atoms with E-state index in [9.17, 15) is 8.78 Å². The molecule has 0 amide bonds. The molecule has 116 valence electrons. The van der Waals surface area contributed by atoms with Gasteiger partial charge >= 0.3 is 0 Å². The van der Waals surface area contributed by atoms with Crippen LogP contribution in [0.25, 0.3) is 0 Å². The molecule has 0 aromatic heterocycles. The first-order valence-corrected chi connectivity index (χ1v) is 7.82. The summed E-state index contributed by atoms with van der Waals surface area (Å²) in [5, 5.41) is 0. The van der Waals surface area contributed by atoms with Crippen molar-refractivity contribution in [2.45, 2.75) is 44.8 Å². The van der Waals surface area contributed by atoms with Gasteiger partial charge in [-0.1, -0.05) is 12.5 Å². The smallest absolute Gasteiger partial charge is 0.130 e. The highest BCUT2D eigenvalue weighted by Crippen LogP contribution is 2.46. The first-order valence-electron chi connectivity index (χ1n) is 7.82. The summed E-state index contributed by atoms with van der Waals surface area (Å²) in [4.78, 5) is 2.30. The predicted molar refractivity (Wildman–Crippen MR) is 78.0 cm³/mol. The van der Waals surface area contributed by atoms with Gasteiger partial charge in [-0.15, -0.1) is 0 Å². The number of hydrogen-bond acceptors (Lipinski definition) is 2. The fourth-order valence-corrected chi connectivity index (χ4v) is 4.23. The fraction of sp³-hybridized carbons (Fsp3) is 0.647. The molecule has 1 heterocycles. The zero-order valence-corrected chi connectivity index (χ0v) is 12.6. The molecule has 2 nitrogen and oxygen atoms in total. The number of rotatable bonds is 3. The molecule has 1 spiro atoms. The Morgan fingerprint density at radius 3 is 2.86 bits per heavy atom. The van der Waals surface area contributed by atoms with E-state index in [0.717, 1.165) is 32.0 Å². The molecule has 1 aromatic carbocycles. The van der Waals surface area contributed by atoms with Crippen LogP contribution in [0.4, 0.5) is 8.78 Å². The summed E-state index contributed by atoms with van der Waals surface area (Å²) < 4.78 is 32.5. The van der Waals surface area contributed by atoms with Gasteiger partial charge in [0.05, 0.1) is 6.10 Å². The van der Waals surface area contributed by atoms with Crippen LogP contribution in [0.3, 0.4) is 0 Å². The Morgan fingerprint density at radius 2 is 2.10 bits per heavy atom. The molecule has 0 unspecified atom stereocenters. The van der Waals surface area contributed by atoms with Crippen molar-refractivity contribution in [3.8, 4) is 0 Å². The largest absolute Gasteiger partial charge is 0.381 e. The van der Waals surface area contributed by atoms with E-state index in [0.29, 0.717) is 18.2 Å². The Balaban J connectivity index is 1.71. The summed E-state index contributed by atoms with van der Waals surface area (Å²) in [6.07, 6.45) is 6.22. The first kappa shape index (κ1) is 14.9. The number of piperidine rings is 1. The van der Waals surface area contributed by atoms with Crippen molar-refractivity contribution in [2.24, 2.45) is 5.41 Å². The minimum absolute atomic E-state index is 0.240. The van der Waals surface area contributed by atoms with Gasteiger partial charge < -0.3 is 4.74 Å². The van der Waals surface area contributed by atoms with Crippen molar-refractivity contribution in [2.75, 3.05) is 20.2 Å². The summed E-state index contributed by atoms with van der Waals surface area (Å²) in [7, 11) is 1.80. The van der Waals surface area contributed by atoms with Gasteiger partial charge in [0.25, 0.3) is 0 Å². The lowest BCUT2D eigenvalue weighted by atomic mass is 9.76. The minimum atomic E-state index is -0.512. The second-order valence-corrected chi connectivity index (χ2v) is 6.53. The number of nitrogens with zero attached hydrogens (tertiary/aromatic N) is 1.